The molecule has 1 aliphatic rings. The lowest BCUT2D eigenvalue weighted by atomic mass is 9.86. The van der Waals surface area contributed by atoms with Crippen molar-refractivity contribution in [3.8, 4) is 28.1 Å². The molecule has 180 valence electrons. The summed E-state index contributed by atoms with van der Waals surface area (Å²) in [5, 5.41) is 9.26. The van der Waals surface area contributed by atoms with Crippen molar-refractivity contribution in [1.82, 2.24) is 4.57 Å². The number of halogens is 1. The molecule has 1 N–H and O–H groups in total. The van der Waals surface area contributed by atoms with Crippen molar-refractivity contribution in [2.45, 2.75) is 54.0 Å². The van der Waals surface area contributed by atoms with Gasteiger partial charge in [-0.1, -0.05) is 52.8 Å². The number of nitrogens with zero attached hydrogens (tertiary/aromatic N) is 1. The van der Waals surface area contributed by atoms with Crippen molar-refractivity contribution in [3.63, 3.8) is 0 Å². The third kappa shape index (κ3) is 5.22. The van der Waals surface area contributed by atoms with Crippen LogP contribution in [-0.4, -0.2) is 22.8 Å². The molecule has 1 aromatic heterocycles. The zero-order valence-corrected chi connectivity index (χ0v) is 20.7. The Bertz CT molecular complexity index is 1280. The predicted octanol–water partition coefficient (Wildman–Crippen LogP) is 6.20. The number of ether oxygens (including phenoxy) is 1. The lowest BCUT2D eigenvalue weighted by Crippen LogP contribution is -2.22. The molecule has 2 aromatic carbocycles. The minimum absolute atomic E-state index is 0.254. The number of rotatable bonds is 4. The monoisotopic (exact) mass is 465 g/mol. The Labute approximate surface area is 199 Å². The van der Waals surface area contributed by atoms with E-state index in [1.54, 1.807) is 29.9 Å². The molecule has 0 amide bonds. The highest BCUT2D eigenvalue weighted by atomic mass is 19.1. The topological polar surface area (TPSA) is 68.5 Å². The van der Waals surface area contributed by atoms with Gasteiger partial charge in [-0.05, 0) is 41.5 Å². The van der Waals surface area contributed by atoms with Crippen molar-refractivity contribution in [2.24, 2.45) is 5.41 Å². The van der Waals surface area contributed by atoms with Crippen LogP contribution >= 0.6 is 0 Å². The molecular weight excluding hydrogens is 433 g/mol. The first-order chi connectivity index (χ1) is 16.0. The molecule has 0 saturated carbocycles. The Balaban J connectivity index is 0.000000588. The number of benzene rings is 2. The summed E-state index contributed by atoms with van der Waals surface area (Å²) in [5.74, 6) is -0.969. The molecule has 0 saturated heterocycles. The van der Waals surface area contributed by atoms with Gasteiger partial charge in [0.25, 0.3) is 0 Å². The Hall–Kier alpha value is -3.41. The van der Waals surface area contributed by atoms with Crippen LogP contribution in [0.1, 0.15) is 56.1 Å². The molecule has 0 fully saturated rings. The van der Waals surface area contributed by atoms with Crippen LogP contribution in [0.2, 0.25) is 0 Å². The fourth-order valence-corrected chi connectivity index (χ4v) is 4.14. The second-order valence-corrected chi connectivity index (χ2v) is 9.98. The van der Waals surface area contributed by atoms with Crippen molar-refractivity contribution in [1.29, 1.82) is 0 Å². The average molecular weight is 466 g/mol. The fourth-order valence-electron chi connectivity index (χ4n) is 4.14. The molecule has 0 radical (unpaired) electrons. The summed E-state index contributed by atoms with van der Waals surface area (Å²) in [5.41, 5.74) is 4.20. The van der Waals surface area contributed by atoms with Gasteiger partial charge in [-0.25, -0.2) is 9.18 Å². The summed E-state index contributed by atoms with van der Waals surface area (Å²) in [6, 6.07) is 9.70. The minimum atomic E-state index is -1.24. The Morgan fingerprint density at radius 2 is 1.76 bits per heavy atom. The number of aryl methyl sites for hydroxylation is 1. The van der Waals surface area contributed by atoms with Gasteiger partial charge in [-0.3, -0.25) is 4.79 Å². The van der Waals surface area contributed by atoms with E-state index in [2.05, 4.69) is 27.7 Å². The van der Waals surface area contributed by atoms with Gasteiger partial charge in [-0.2, -0.15) is 0 Å². The first kappa shape index (κ1) is 25.2. The SMILES string of the molecule is CC(C)(C)C.CCc1c2c(cc(-c3ccccc3F)c1OC)-c1cc(=O)c(C(=O)O)cn1CC2. The first-order valence-electron chi connectivity index (χ1n) is 11.4. The van der Waals surface area contributed by atoms with E-state index in [1.807, 2.05) is 13.0 Å². The molecule has 1 aliphatic heterocycles. The maximum atomic E-state index is 14.6. The van der Waals surface area contributed by atoms with Gasteiger partial charge in [0.05, 0.1) is 12.8 Å². The van der Waals surface area contributed by atoms with Crippen molar-refractivity contribution in [3.05, 3.63) is 75.3 Å². The summed E-state index contributed by atoms with van der Waals surface area (Å²) >= 11 is 0. The van der Waals surface area contributed by atoms with E-state index >= 15 is 0 Å². The number of pyridine rings is 1. The molecule has 34 heavy (non-hydrogen) atoms. The van der Waals surface area contributed by atoms with Crippen LogP contribution in [0, 0.1) is 11.2 Å². The highest BCUT2D eigenvalue weighted by Crippen LogP contribution is 2.43. The smallest absolute Gasteiger partial charge is 0.341 e. The lowest BCUT2D eigenvalue weighted by molar-refractivity contribution is 0.0694. The molecule has 3 aromatic rings. The number of carboxylic acid groups (broad SMARTS) is 1. The molecule has 0 bridgehead atoms. The molecule has 0 aliphatic carbocycles. The molecule has 6 heteroatoms. The van der Waals surface area contributed by atoms with Crippen molar-refractivity contribution < 1.29 is 19.0 Å². The number of hydrogen-bond acceptors (Lipinski definition) is 3. The van der Waals surface area contributed by atoms with Crippen LogP contribution in [0.15, 0.2) is 47.4 Å². The quantitative estimate of drug-likeness (QED) is 0.498. The Morgan fingerprint density at radius 3 is 2.32 bits per heavy atom. The van der Waals surface area contributed by atoms with Gasteiger partial charge in [0.15, 0.2) is 5.43 Å². The van der Waals surface area contributed by atoms with E-state index in [1.165, 1.54) is 18.3 Å². The van der Waals surface area contributed by atoms with E-state index in [9.17, 15) is 19.1 Å². The summed E-state index contributed by atoms with van der Waals surface area (Å²) in [4.78, 5) is 23.7. The lowest BCUT2D eigenvalue weighted by Gasteiger charge is -2.27. The standard InChI is InChI=1S/C23H20FNO4.C5H12/c1-3-13-14-8-9-25-12-18(23(27)28)21(26)11-20(25)16(14)10-17(22(13)29-2)15-6-4-5-7-19(15)24;1-5(2,3)4/h4-7,10-12H,3,8-9H2,1-2H3,(H,27,28);1-4H3. The van der Waals surface area contributed by atoms with Gasteiger partial charge in [0.2, 0.25) is 0 Å². The van der Waals surface area contributed by atoms with Crippen LogP contribution < -0.4 is 10.2 Å². The fraction of sp³-hybridized carbons (Fsp3) is 0.357. The van der Waals surface area contributed by atoms with Crippen LogP contribution in [0.25, 0.3) is 22.4 Å². The molecule has 0 spiro atoms. The molecule has 0 unspecified atom stereocenters. The van der Waals surface area contributed by atoms with Crippen LogP contribution in [0.5, 0.6) is 5.75 Å². The first-order valence-corrected chi connectivity index (χ1v) is 11.4. The normalized spacial score (nSPS) is 12.2. The zero-order chi connectivity index (χ0) is 25.2. The summed E-state index contributed by atoms with van der Waals surface area (Å²) in [6.45, 7) is 11.3. The van der Waals surface area contributed by atoms with E-state index in [0.717, 1.165) is 16.7 Å². The maximum absolute atomic E-state index is 14.6. The highest BCUT2D eigenvalue weighted by Gasteiger charge is 2.26. The minimum Gasteiger partial charge on any atom is -0.496 e. The largest absolute Gasteiger partial charge is 0.496 e. The van der Waals surface area contributed by atoms with Gasteiger partial charge in [0.1, 0.15) is 17.1 Å². The van der Waals surface area contributed by atoms with Crippen molar-refractivity contribution in [2.75, 3.05) is 7.11 Å². The third-order valence-electron chi connectivity index (χ3n) is 5.46. The molecule has 4 rings (SSSR count). The number of fused-ring (bicyclic) bond motifs is 3. The number of carbonyl (C=O) groups is 1. The third-order valence-corrected chi connectivity index (χ3v) is 5.46. The maximum Gasteiger partial charge on any atom is 0.341 e. The van der Waals surface area contributed by atoms with Crippen molar-refractivity contribution >= 4 is 5.97 Å². The van der Waals surface area contributed by atoms with Gasteiger partial charge >= 0.3 is 5.97 Å². The molecule has 5 nitrogen and oxygen atoms in total. The Morgan fingerprint density at radius 1 is 1.12 bits per heavy atom. The summed E-state index contributed by atoms with van der Waals surface area (Å²) in [6.07, 6.45) is 2.74. The Kier molecular flexibility index (Phi) is 7.29. The summed E-state index contributed by atoms with van der Waals surface area (Å²) < 4.78 is 22.1. The van der Waals surface area contributed by atoms with Gasteiger partial charge in [-0.15, -0.1) is 0 Å². The second-order valence-electron chi connectivity index (χ2n) is 9.98. The van der Waals surface area contributed by atoms with E-state index in [4.69, 9.17) is 4.74 Å². The molecular formula is C28H32FNO4. The van der Waals surface area contributed by atoms with E-state index < -0.39 is 11.4 Å². The van der Waals surface area contributed by atoms with E-state index in [0.29, 0.717) is 47.4 Å². The van der Waals surface area contributed by atoms with Gasteiger partial charge < -0.3 is 14.4 Å². The predicted molar refractivity (Wildman–Crippen MR) is 133 cm³/mol. The number of aromatic carboxylic acids is 1. The van der Waals surface area contributed by atoms with Crippen LogP contribution in [0.3, 0.4) is 0 Å². The van der Waals surface area contributed by atoms with Crippen LogP contribution in [0.4, 0.5) is 4.39 Å². The zero-order valence-electron chi connectivity index (χ0n) is 20.7. The number of hydrogen-bond donors (Lipinski definition) is 1. The number of methoxy groups -OCH3 is 1. The summed E-state index contributed by atoms with van der Waals surface area (Å²) in [7, 11) is 1.58. The highest BCUT2D eigenvalue weighted by molar-refractivity contribution is 5.88. The number of aromatic nitrogens is 1. The second kappa shape index (κ2) is 9.84. The van der Waals surface area contributed by atoms with Gasteiger partial charge in [0, 0.05) is 35.5 Å². The van der Waals surface area contributed by atoms with E-state index in [-0.39, 0.29) is 11.4 Å². The number of carboxylic acids is 1. The molecule has 2 heterocycles. The molecule has 0 atom stereocenters. The average Bonchev–Trinajstić information content (AvgIpc) is 2.76. The van der Waals surface area contributed by atoms with Crippen LogP contribution in [-0.2, 0) is 19.4 Å².